The van der Waals surface area contributed by atoms with E-state index < -0.39 is 0 Å². The third kappa shape index (κ3) is 4.06. The average molecular weight is 439 g/mol. The van der Waals surface area contributed by atoms with Crippen molar-refractivity contribution in [2.24, 2.45) is 0 Å². The molecule has 33 heavy (non-hydrogen) atoms. The number of nitrogens with zero attached hydrogens (tertiary/aromatic N) is 4. The number of nitrogens with one attached hydrogen (secondary N) is 2. The third-order valence-corrected chi connectivity index (χ3v) is 7.01. The molecule has 1 aromatic carbocycles. The van der Waals surface area contributed by atoms with Crippen LogP contribution in [0.3, 0.4) is 0 Å². The second kappa shape index (κ2) is 8.85. The Bertz CT molecular complexity index is 1240. The molecule has 0 atom stereocenters. The first-order chi connectivity index (χ1) is 16.3. The lowest BCUT2D eigenvalue weighted by atomic mass is 10.0. The smallest absolute Gasteiger partial charge is 0.223 e. The molecule has 0 radical (unpaired) electrons. The molecular formula is C27H30N6. The van der Waals surface area contributed by atoms with Crippen LogP contribution in [0.2, 0.25) is 0 Å². The summed E-state index contributed by atoms with van der Waals surface area (Å²) in [5.74, 6) is 1.75. The standard InChI is InChI=1S/C27H30N6/c1-2-9-19(10-3-1)26-25(22-17-18-28-27(31-22)30-21-13-6-7-14-21)23-15-8-16-24(33(23)32-26)29-20-11-4-5-12-20/h1-3,8-10,15-18,20-21,29H,4-7,11-14H2,(H,28,30,31). The highest BCUT2D eigenvalue weighted by molar-refractivity contribution is 5.91. The fourth-order valence-electron chi connectivity index (χ4n) is 5.33. The first kappa shape index (κ1) is 20.2. The fraction of sp³-hybridized carbons (Fsp3) is 0.370. The molecule has 3 aromatic heterocycles. The summed E-state index contributed by atoms with van der Waals surface area (Å²) < 4.78 is 2.06. The number of fused-ring (bicyclic) bond motifs is 1. The zero-order chi connectivity index (χ0) is 22.0. The van der Waals surface area contributed by atoms with Gasteiger partial charge < -0.3 is 10.6 Å². The van der Waals surface area contributed by atoms with Crippen LogP contribution in [0.15, 0.2) is 60.8 Å². The van der Waals surface area contributed by atoms with Crippen LogP contribution in [0.5, 0.6) is 0 Å². The van der Waals surface area contributed by atoms with Crippen LogP contribution in [-0.2, 0) is 0 Å². The Hall–Kier alpha value is -3.41. The monoisotopic (exact) mass is 438 g/mol. The van der Waals surface area contributed by atoms with Gasteiger partial charge >= 0.3 is 0 Å². The molecule has 4 aromatic rings. The maximum absolute atomic E-state index is 5.11. The van der Waals surface area contributed by atoms with Crippen LogP contribution in [0.25, 0.3) is 28.0 Å². The molecule has 0 amide bonds. The van der Waals surface area contributed by atoms with Gasteiger partial charge in [-0.2, -0.15) is 5.10 Å². The lowest BCUT2D eigenvalue weighted by Crippen LogP contribution is -2.17. The van der Waals surface area contributed by atoms with Gasteiger partial charge in [-0.25, -0.2) is 14.5 Å². The van der Waals surface area contributed by atoms with Crippen LogP contribution < -0.4 is 10.6 Å². The second-order valence-electron chi connectivity index (χ2n) is 9.31. The highest BCUT2D eigenvalue weighted by Crippen LogP contribution is 2.36. The van der Waals surface area contributed by atoms with Crippen molar-refractivity contribution in [3.05, 3.63) is 60.8 Å². The van der Waals surface area contributed by atoms with Crippen LogP contribution >= 0.6 is 0 Å². The number of anilines is 2. The van der Waals surface area contributed by atoms with E-state index in [9.17, 15) is 0 Å². The minimum atomic E-state index is 0.472. The summed E-state index contributed by atoms with van der Waals surface area (Å²) in [5.41, 5.74) is 5.04. The summed E-state index contributed by atoms with van der Waals surface area (Å²) in [6, 6.07) is 19.8. The predicted molar refractivity (Wildman–Crippen MR) is 133 cm³/mol. The first-order valence-electron chi connectivity index (χ1n) is 12.3. The molecule has 2 N–H and O–H groups in total. The SMILES string of the molecule is c1ccc(-c2nn3c(NC4CCCC4)cccc3c2-c2ccnc(NC3CCCC3)n2)cc1. The molecule has 6 rings (SSSR count). The van der Waals surface area contributed by atoms with Crippen LogP contribution in [0.1, 0.15) is 51.4 Å². The number of hydrogen-bond acceptors (Lipinski definition) is 5. The van der Waals surface area contributed by atoms with E-state index in [1.165, 1.54) is 51.4 Å². The van der Waals surface area contributed by atoms with E-state index in [2.05, 4.69) is 62.6 Å². The summed E-state index contributed by atoms with van der Waals surface area (Å²) in [5, 5.41) is 12.4. The predicted octanol–water partition coefficient (Wildman–Crippen LogP) is 6.17. The quantitative estimate of drug-likeness (QED) is 0.377. The maximum atomic E-state index is 5.11. The highest BCUT2D eigenvalue weighted by atomic mass is 15.3. The molecule has 0 unspecified atom stereocenters. The molecule has 6 heteroatoms. The zero-order valence-corrected chi connectivity index (χ0v) is 18.9. The van der Waals surface area contributed by atoms with E-state index >= 15 is 0 Å². The van der Waals surface area contributed by atoms with Gasteiger partial charge in [-0.3, -0.25) is 0 Å². The number of pyridine rings is 1. The molecule has 2 fully saturated rings. The summed E-state index contributed by atoms with van der Waals surface area (Å²) in [7, 11) is 0. The van der Waals surface area contributed by atoms with Crippen molar-refractivity contribution in [3.63, 3.8) is 0 Å². The van der Waals surface area contributed by atoms with Crippen LogP contribution in [-0.4, -0.2) is 31.7 Å². The van der Waals surface area contributed by atoms with Crippen molar-refractivity contribution < 1.29 is 0 Å². The van der Waals surface area contributed by atoms with E-state index in [1.54, 1.807) is 0 Å². The molecule has 0 aliphatic heterocycles. The summed E-state index contributed by atoms with van der Waals surface area (Å²) in [6.07, 6.45) is 11.8. The van der Waals surface area contributed by atoms with E-state index in [4.69, 9.17) is 10.1 Å². The molecule has 3 heterocycles. The molecule has 0 spiro atoms. The van der Waals surface area contributed by atoms with Gasteiger partial charge in [-0.15, -0.1) is 0 Å². The Morgan fingerprint density at radius 1 is 0.758 bits per heavy atom. The van der Waals surface area contributed by atoms with Crippen molar-refractivity contribution in [3.8, 4) is 22.5 Å². The minimum Gasteiger partial charge on any atom is -0.367 e. The van der Waals surface area contributed by atoms with Crippen molar-refractivity contribution in [1.29, 1.82) is 0 Å². The number of rotatable bonds is 6. The lowest BCUT2D eigenvalue weighted by molar-refractivity contribution is 0.742. The van der Waals surface area contributed by atoms with E-state index in [-0.39, 0.29) is 0 Å². The van der Waals surface area contributed by atoms with Crippen LogP contribution in [0.4, 0.5) is 11.8 Å². The van der Waals surface area contributed by atoms with Gasteiger partial charge in [0.25, 0.3) is 0 Å². The average Bonchev–Trinajstić information content (AvgIpc) is 3.61. The van der Waals surface area contributed by atoms with Crippen molar-refractivity contribution >= 4 is 17.3 Å². The van der Waals surface area contributed by atoms with Gasteiger partial charge in [0.2, 0.25) is 5.95 Å². The van der Waals surface area contributed by atoms with E-state index in [0.717, 1.165) is 33.8 Å². The number of aromatic nitrogens is 4. The summed E-state index contributed by atoms with van der Waals surface area (Å²) in [6.45, 7) is 0. The molecule has 0 bridgehead atoms. The van der Waals surface area contributed by atoms with Gasteiger partial charge in [-0.1, -0.05) is 62.1 Å². The Balaban J connectivity index is 1.47. The van der Waals surface area contributed by atoms with Crippen molar-refractivity contribution in [2.45, 2.75) is 63.5 Å². The van der Waals surface area contributed by atoms with Gasteiger partial charge in [0.1, 0.15) is 11.5 Å². The Morgan fingerprint density at radius 2 is 1.48 bits per heavy atom. The Kier molecular flexibility index (Phi) is 5.42. The van der Waals surface area contributed by atoms with Gasteiger partial charge in [0.15, 0.2) is 0 Å². The molecule has 168 valence electrons. The molecule has 0 saturated heterocycles. The Morgan fingerprint density at radius 3 is 2.24 bits per heavy atom. The van der Waals surface area contributed by atoms with Gasteiger partial charge in [-0.05, 0) is 43.9 Å². The second-order valence-corrected chi connectivity index (χ2v) is 9.31. The highest BCUT2D eigenvalue weighted by Gasteiger charge is 2.22. The lowest BCUT2D eigenvalue weighted by Gasteiger charge is -2.14. The molecule has 2 aliphatic rings. The minimum absolute atomic E-state index is 0.472. The Labute approximate surface area is 194 Å². The van der Waals surface area contributed by atoms with Gasteiger partial charge in [0.05, 0.1) is 16.8 Å². The largest absolute Gasteiger partial charge is 0.367 e. The van der Waals surface area contributed by atoms with Gasteiger partial charge in [0, 0.05) is 23.8 Å². The maximum Gasteiger partial charge on any atom is 0.223 e. The van der Waals surface area contributed by atoms with E-state index in [1.807, 2.05) is 18.3 Å². The number of hydrogen-bond donors (Lipinski definition) is 2. The summed E-state index contributed by atoms with van der Waals surface area (Å²) >= 11 is 0. The van der Waals surface area contributed by atoms with Crippen LogP contribution in [0, 0.1) is 0 Å². The normalized spacial score (nSPS) is 17.1. The van der Waals surface area contributed by atoms with E-state index in [0.29, 0.717) is 18.0 Å². The summed E-state index contributed by atoms with van der Waals surface area (Å²) in [4.78, 5) is 9.47. The topological polar surface area (TPSA) is 67.1 Å². The molecular weight excluding hydrogens is 408 g/mol. The fourth-order valence-corrected chi connectivity index (χ4v) is 5.33. The molecule has 2 saturated carbocycles. The molecule has 6 nitrogen and oxygen atoms in total. The van der Waals surface area contributed by atoms with Crippen molar-refractivity contribution in [1.82, 2.24) is 19.6 Å². The first-order valence-corrected chi connectivity index (χ1v) is 12.3. The third-order valence-electron chi connectivity index (χ3n) is 7.01. The zero-order valence-electron chi connectivity index (χ0n) is 18.9. The molecule has 2 aliphatic carbocycles. The van der Waals surface area contributed by atoms with Crippen molar-refractivity contribution in [2.75, 3.05) is 10.6 Å². The number of benzene rings is 1.